The smallest absolute Gasteiger partial charge is 0.246 e. The average molecular weight is 257 g/mol. The molecule has 4 heteroatoms. The molecule has 0 fully saturated rings. The number of benzene rings is 2. The van der Waals surface area contributed by atoms with E-state index in [1.165, 1.54) is 0 Å². The van der Waals surface area contributed by atoms with Crippen LogP contribution in [0.2, 0.25) is 0 Å². The Kier molecular flexibility index (Phi) is 4.26. The molecule has 19 heavy (non-hydrogen) atoms. The Morgan fingerprint density at radius 1 is 1.00 bits per heavy atom. The molecule has 2 aromatic carbocycles. The van der Waals surface area contributed by atoms with Gasteiger partial charge < -0.3 is 5.11 Å². The van der Waals surface area contributed by atoms with E-state index in [9.17, 15) is 15.2 Å². The lowest BCUT2D eigenvalue weighted by Crippen LogP contribution is -2.29. The van der Waals surface area contributed by atoms with Crippen molar-refractivity contribution in [2.24, 2.45) is 0 Å². The van der Waals surface area contributed by atoms with Crippen molar-refractivity contribution in [2.75, 3.05) is 0 Å². The summed E-state index contributed by atoms with van der Waals surface area (Å²) < 4.78 is 0. The number of nitro groups is 1. The molecule has 2 aromatic rings. The van der Waals surface area contributed by atoms with Crippen LogP contribution in [-0.2, 0) is 6.42 Å². The fraction of sp³-hybridized carbons (Fsp3) is 0.200. The summed E-state index contributed by atoms with van der Waals surface area (Å²) in [5, 5.41) is 21.3. The van der Waals surface area contributed by atoms with Crippen molar-refractivity contribution in [3.8, 4) is 0 Å². The Bertz CT molecular complexity index is 528. The van der Waals surface area contributed by atoms with Gasteiger partial charge in [0.25, 0.3) is 0 Å². The Labute approximate surface area is 111 Å². The number of rotatable bonds is 5. The Morgan fingerprint density at radius 2 is 1.53 bits per heavy atom. The van der Waals surface area contributed by atoms with Gasteiger partial charge in [-0.15, -0.1) is 0 Å². The summed E-state index contributed by atoms with van der Waals surface area (Å²) in [7, 11) is 0. The fourth-order valence-corrected chi connectivity index (χ4v) is 2.03. The second kappa shape index (κ2) is 6.11. The number of aliphatic hydroxyl groups excluding tert-OH is 1. The van der Waals surface area contributed by atoms with Crippen LogP contribution in [0.5, 0.6) is 0 Å². The zero-order valence-corrected chi connectivity index (χ0v) is 10.3. The lowest BCUT2D eigenvalue weighted by Gasteiger charge is -2.16. The minimum absolute atomic E-state index is 0.212. The van der Waals surface area contributed by atoms with E-state index >= 15 is 0 Å². The van der Waals surface area contributed by atoms with Gasteiger partial charge in [0, 0.05) is 11.3 Å². The first-order valence-corrected chi connectivity index (χ1v) is 6.09. The van der Waals surface area contributed by atoms with Gasteiger partial charge in [0.2, 0.25) is 6.04 Å². The molecule has 0 aromatic heterocycles. The molecular formula is C15H15NO3. The summed E-state index contributed by atoms with van der Waals surface area (Å²) in [4.78, 5) is 10.8. The number of nitrogens with zero attached hydrogens (tertiary/aromatic N) is 1. The predicted molar refractivity (Wildman–Crippen MR) is 72.3 cm³/mol. The third-order valence-electron chi connectivity index (χ3n) is 3.06. The van der Waals surface area contributed by atoms with E-state index < -0.39 is 17.1 Å². The molecule has 0 spiro atoms. The van der Waals surface area contributed by atoms with E-state index in [2.05, 4.69) is 0 Å². The molecule has 2 rings (SSSR count). The predicted octanol–water partition coefficient (Wildman–Crippen LogP) is 2.61. The van der Waals surface area contributed by atoms with E-state index in [1.807, 2.05) is 36.4 Å². The molecule has 0 bridgehead atoms. The highest BCUT2D eigenvalue weighted by Gasteiger charge is 2.31. The Balaban J connectivity index is 2.19. The second-order valence-electron chi connectivity index (χ2n) is 4.40. The van der Waals surface area contributed by atoms with Crippen LogP contribution in [0, 0.1) is 10.1 Å². The first kappa shape index (κ1) is 13.2. The molecule has 0 unspecified atom stereocenters. The Hall–Kier alpha value is -2.20. The van der Waals surface area contributed by atoms with Gasteiger partial charge in [0.1, 0.15) is 6.10 Å². The van der Waals surface area contributed by atoms with Crippen molar-refractivity contribution in [1.29, 1.82) is 0 Å². The first-order valence-electron chi connectivity index (χ1n) is 6.09. The van der Waals surface area contributed by atoms with E-state index in [0.717, 1.165) is 5.56 Å². The first-order chi connectivity index (χ1) is 9.18. The molecule has 0 saturated carbocycles. The van der Waals surface area contributed by atoms with Gasteiger partial charge in [0.05, 0.1) is 0 Å². The van der Waals surface area contributed by atoms with Gasteiger partial charge in [-0.05, 0) is 11.1 Å². The standard InChI is InChI=1S/C15H15NO3/c17-15(13-9-5-2-6-10-13)14(16(18)19)11-12-7-3-1-4-8-12/h1-10,14-15,17H,11H2/t14-,15+/m1/s1. The lowest BCUT2D eigenvalue weighted by molar-refractivity contribution is -0.535. The van der Waals surface area contributed by atoms with Crippen molar-refractivity contribution in [1.82, 2.24) is 0 Å². The third kappa shape index (κ3) is 3.39. The van der Waals surface area contributed by atoms with E-state index in [-0.39, 0.29) is 6.42 Å². The third-order valence-corrected chi connectivity index (χ3v) is 3.06. The van der Waals surface area contributed by atoms with Crippen LogP contribution < -0.4 is 0 Å². The van der Waals surface area contributed by atoms with Crippen molar-refractivity contribution >= 4 is 0 Å². The summed E-state index contributed by atoms with van der Waals surface area (Å²) in [6.45, 7) is 0. The molecule has 0 aliphatic heterocycles. The molecule has 0 saturated heterocycles. The molecular weight excluding hydrogens is 242 g/mol. The minimum Gasteiger partial charge on any atom is -0.381 e. The zero-order valence-electron chi connectivity index (χ0n) is 10.3. The molecule has 0 radical (unpaired) electrons. The fourth-order valence-electron chi connectivity index (χ4n) is 2.03. The highest BCUT2D eigenvalue weighted by Crippen LogP contribution is 2.21. The number of hydrogen-bond donors (Lipinski definition) is 1. The quantitative estimate of drug-likeness (QED) is 0.661. The summed E-state index contributed by atoms with van der Waals surface area (Å²) in [5.74, 6) is 0. The summed E-state index contributed by atoms with van der Waals surface area (Å²) in [5.41, 5.74) is 1.42. The van der Waals surface area contributed by atoms with Crippen LogP contribution in [-0.4, -0.2) is 16.1 Å². The van der Waals surface area contributed by atoms with Gasteiger partial charge in [-0.2, -0.15) is 0 Å². The summed E-state index contributed by atoms with van der Waals surface area (Å²) in [6, 6.07) is 16.9. The average Bonchev–Trinajstić information content (AvgIpc) is 2.46. The SMILES string of the molecule is O=[N+]([O-])[C@H](Cc1ccccc1)[C@@H](O)c1ccccc1. The largest absolute Gasteiger partial charge is 0.381 e. The minimum atomic E-state index is -1.10. The molecule has 0 aliphatic rings. The van der Waals surface area contributed by atoms with Crippen molar-refractivity contribution in [3.63, 3.8) is 0 Å². The maximum atomic E-state index is 11.2. The molecule has 0 amide bonds. The summed E-state index contributed by atoms with van der Waals surface area (Å²) in [6.07, 6.45) is -0.888. The van der Waals surface area contributed by atoms with Gasteiger partial charge >= 0.3 is 0 Å². The van der Waals surface area contributed by atoms with E-state index in [4.69, 9.17) is 0 Å². The number of hydrogen-bond acceptors (Lipinski definition) is 3. The van der Waals surface area contributed by atoms with Crippen LogP contribution in [0.3, 0.4) is 0 Å². The molecule has 0 aliphatic carbocycles. The zero-order chi connectivity index (χ0) is 13.7. The summed E-state index contributed by atoms with van der Waals surface area (Å²) >= 11 is 0. The highest BCUT2D eigenvalue weighted by atomic mass is 16.6. The topological polar surface area (TPSA) is 63.4 Å². The van der Waals surface area contributed by atoms with Gasteiger partial charge in [-0.3, -0.25) is 10.1 Å². The molecule has 1 N–H and O–H groups in total. The highest BCUT2D eigenvalue weighted by molar-refractivity contribution is 5.21. The van der Waals surface area contributed by atoms with Crippen LogP contribution in [0.4, 0.5) is 0 Å². The van der Waals surface area contributed by atoms with Crippen LogP contribution >= 0.6 is 0 Å². The maximum Gasteiger partial charge on any atom is 0.246 e. The molecule has 2 atom stereocenters. The normalized spacial score (nSPS) is 13.7. The van der Waals surface area contributed by atoms with Crippen molar-refractivity contribution in [2.45, 2.75) is 18.6 Å². The van der Waals surface area contributed by atoms with Crippen LogP contribution in [0.15, 0.2) is 60.7 Å². The van der Waals surface area contributed by atoms with Gasteiger partial charge in [0.15, 0.2) is 0 Å². The monoisotopic (exact) mass is 257 g/mol. The van der Waals surface area contributed by atoms with Crippen molar-refractivity contribution < 1.29 is 10.0 Å². The van der Waals surface area contributed by atoms with E-state index in [1.54, 1.807) is 24.3 Å². The van der Waals surface area contributed by atoms with Gasteiger partial charge in [-0.25, -0.2) is 0 Å². The van der Waals surface area contributed by atoms with Gasteiger partial charge in [-0.1, -0.05) is 60.7 Å². The van der Waals surface area contributed by atoms with Crippen LogP contribution in [0.1, 0.15) is 17.2 Å². The number of aliphatic hydroxyl groups is 1. The molecule has 98 valence electrons. The molecule has 0 heterocycles. The van der Waals surface area contributed by atoms with E-state index in [0.29, 0.717) is 5.56 Å². The van der Waals surface area contributed by atoms with Crippen molar-refractivity contribution in [3.05, 3.63) is 81.9 Å². The maximum absolute atomic E-state index is 11.2. The molecule has 4 nitrogen and oxygen atoms in total. The Morgan fingerprint density at radius 3 is 2.05 bits per heavy atom. The lowest BCUT2D eigenvalue weighted by atomic mass is 9.97. The second-order valence-corrected chi connectivity index (χ2v) is 4.40. The van der Waals surface area contributed by atoms with Crippen LogP contribution in [0.25, 0.3) is 0 Å².